The van der Waals surface area contributed by atoms with Crippen LogP contribution in [0.25, 0.3) is 0 Å². The largest absolute Gasteiger partial charge is 0.468 e. The third kappa shape index (κ3) is 0.877. The van der Waals surface area contributed by atoms with Crippen molar-refractivity contribution in [3.05, 3.63) is 22.8 Å². The fourth-order valence-corrected chi connectivity index (χ4v) is 4.10. The molecule has 4 heteroatoms. The molecule has 0 bridgehead atoms. The van der Waals surface area contributed by atoms with Gasteiger partial charge in [0, 0.05) is 11.8 Å². The number of carbonyl (C=O) groups excluding carboxylic acids is 2. The van der Waals surface area contributed by atoms with E-state index in [0.717, 1.165) is 0 Å². The lowest BCUT2D eigenvalue weighted by Crippen LogP contribution is -2.71. The molecule has 18 heavy (non-hydrogen) atoms. The Kier molecular flexibility index (Phi) is 2.08. The van der Waals surface area contributed by atoms with Crippen LogP contribution in [0.1, 0.15) is 13.8 Å². The lowest BCUT2D eigenvalue weighted by molar-refractivity contribution is -0.183. The highest BCUT2D eigenvalue weighted by atomic mass is 16.5. The number of carbonyl (C=O) groups is 2. The van der Waals surface area contributed by atoms with Crippen molar-refractivity contribution in [3.8, 4) is 0 Å². The van der Waals surface area contributed by atoms with Gasteiger partial charge in [-0.15, -0.1) is 0 Å². The van der Waals surface area contributed by atoms with Gasteiger partial charge in [0.1, 0.15) is 5.41 Å². The van der Waals surface area contributed by atoms with Gasteiger partial charge in [0.15, 0.2) is 0 Å². The molecule has 1 fully saturated rings. The molecule has 0 radical (unpaired) electrons. The first-order valence-corrected chi connectivity index (χ1v) is 6.08. The van der Waals surface area contributed by atoms with Crippen LogP contribution in [-0.4, -0.2) is 26.2 Å². The monoisotopic (exact) mass is 248 g/mol. The van der Waals surface area contributed by atoms with E-state index >= 15 is 0 Å². The van der Waals surface area contributed by atoms with Gasteiger partial charge < -0.3 is 9.47 Å². The summed E-state index contributed by atoms with van der Waals surface area (Å²) in [6.45, 7) is 4.13. The smallest absolute Gasteiger partial charge is 0.334 e. The van der Waals surface area contributed by atoms with E-state index in [4.69, 9.17) is 9.47 Å². The maximum atomic E-state index is 12.2. The first-order valence-electron chi connectivity index (χ1n) is 6.08. The van der Waals surface area contributed by atoms with Crippen LogP contribution in [0, 0.1) is 23.2 Å². The van der Waals surface area contributed by atoms with Gasteiger partial charge in [0.25, 0.3) is 0 Å². The molecule has 0 saturated heterocycles. The van der Waals surface area contributed by atoms with Gasteiger partial charge in [-0.3, -0.25) is 4.79 Å². The normalized spacial score (nSPS) is 39.3. The average Bonchev–Trinajstić information content (AvgIpc) is 2.37. The summed E-state index contributed by atoms with van der Waals surface area (Å²) in [5.74, 6) is -0.0461. The number of hydrogen-bond acceptors (Lipinski definition) is 4. The van der Waals surface area contributed by atoms with E-state index < -0.39 is 11.4 Å². The van der Waals surface area contributed by atoms with E-state index in [0.29, 0.717) is 11.5 Å². The average molecular weight is 248 g/mol. The highest BCUT2D eigenvalue weighted by molar-refractivity contribution is 6.03. The first kappa shape index (κ1) is 11.5. The number of esters is 2. The Bertz CT molecular complexity index is 528. The second kappa shape index (κ2) is 3.25. The predicted octanol–water partition coefficient (Wildman–Crippen LogP) is 1.47. The molecule has 0 amide bonds. The number of ether oxygens (including phenoxy) is 2. The quantitative estimate of drug-likeness (QED) is 0.548. The number of methoxy groups -OCH3 is 2. The van der Waals surface area contributed by atoms with Gasteiger partial charge >= 0.3 is 11.9 Å². The second-order valence-corrected chi connectivity index (χ2v) is 5.33. The van der Waals surface area contributed by atoms with Gasteiger partial charge in [0.05, 0.1) is 19.8 Å². The zero-order chi connectivity index (χ0) is 13.2. The molecule has 4 nitrogen and oxygen atoms in total. The Hall–Kier alpha value is -1.58. The van der Waals surface area contributed by atoms with E-state index in [2.05, 4.69) is 6.92 Å². The Morgan fingerprint density at radius 3 is 2.39 bits per heavy atom. The maximum Gasteiger partial charge on any atom is 0.334 e. The first-order chi connectivity index (χ1) is 8.51. The van der Waals surface area contributed by atoms with Gasteiger partial charge in [-0.05, 0) is 19.8 Å². The molecule has 0 aromatic rings. The lowest BCUT2D eigenvalue weighted by atomic mass is 9.31. The molecule has 0 heterocycles. The van der Waals surface area contributed by atoms with E-state index in [9.17, 15) is 9.59 Å². The van der Waals surface area contributed by atoms with Gasteiger partial charge in [-0.25, -0.2) is 4.79 Å². The Morgan fingerprint density at radius 2 is 1.83 bits per heavy atom. The molecule has 0 aliphatic heterocycles. The van der Waals surface area contributed by atoms with Crippen LogP contribution >= 0.6 is 0 Å². The summed E-state index contributed by atoms with van der Waals surface area (Å²) >= 11 is 0. The maximum absolute atomic E-state index is 12.2. The van der Waals surface area contributed by atoms with Gasteiger partial charge in [-0.2, -0.15) is 0 Å². The fourth-order valence-electron chi connectivity index (χ4n) is 4.10. The van der Waals surface area contributed by atoms with Gasteiger partial charge in [0.2, 0.25) is 0 Å². The number of rotatable bonds is 2. The summed E-state index contributed by atoms with van der Waals surface area (Å²) in [6.07, 6.45) is 1.87. The summed E-state index contributed by atoms with van der Waals surface area (Å²) in [4.78, 5) is 23.9. The van der Waals surface area contributed by atoms with Crippen LogP contribution in [0.4, 0.5) is 0 Å². The van der Waals surface area contributed by atoms with Crippen molar-refractivity contribution in [2.24, 2.45) is 23.2 Å². The molecule has 4 atom stereocenters. The molecular formula is C14H16O4. The summed E-state index contributed by atoms with van der Waals surface area (Å²) in [5, 5.41) is 0. The Balaban J connectivity index is 2.03. The van der Waals surface area contributed by atoms with E-state index in [1.165, 1.54) is 25.4 Å². The van der Waals surface area contributed by atoms with Crippen LogP contribution in [-0.2, 0) is 19.1 Å². The van der Waals surface area contributed by atoms with Crippen molar-refractivity contribution in [1.29, 1.82) is 0 Å². The molecular weight excluding hydrogens is 232 g/mol. The summed E-state index contributed by atoms with van der Waals surface area (Å²) in [6, 6.07) is 0. The molecule has 3 rings (SSSR count). The number of hydrogen-bond donors (Lipinski definition) is 0. The van der Waals surface area contributed by atoms with Crippen LogP contribution in [0.2, 0.25) is 0 Å². The molecule has 0 spiro atoms. The topological polar surface area (TPSA) is 52.6 Å². The third-order valence-electron chi connectivity index (χ3n) is 5.07. The van der Waals surface area contributed by atoms with Crippen LogP contribution in [0.5, 0.6) is 0 Å². The molecule has 3 aliphatic carbocycles. The van der Waals surface area contributed by atoms with E-state index in [-0.39, 0.29) is 17.8 Å². The molecule has 0 unspecified atom stereocenters. The Labute approximate surface area is 106 Å². The molecule has 1 saturated carbocycles. The van der Waals surface area contributed by atoms with Crippen molar-refractivity contribution >= 4 is 11.9 Å². The summed E-state index contributed by atoms with van der Waals surface area (Å²) in [5.41, 5.74) is 2.30. The summed E-state index contributed by atoms with van der Waals surface area (Å²) < 4.78 is 9.69. The lowest BCUT2D eigenvalue weighted by Gasteiger charge is -2.69. The minimum absolute atomic E-state index is 0.118. The Morgan fingerprint density at radius 1 is 1.17 bits per heavy atom. The fraction of sp³-hybridized carbons (Fsp3) is 0.571. The van der Waals surface area contributed by atoms with Crippen molar-refractivity contribution in [1.82, 2.24) is 0 Å². The van der Waals surface area contributed by atoms with Gasteiger partial charge in [-0.1, -0.05) is 17.2 Å². The van der Waals surface area contributed by atoms with Crippen LogP contribution in [0.15, 0.2) is 22.8 Å². The highest BCUT2D eigenvalue weighted by Crippen LogP contribution is 2.76. The van der Waals surface area contributed by atoms with E-state index in [1.807, 2.05) is 13.0 Å². The van der Waals surface area contributed by atoms with Crippen molar-refractivity contribution < 1.29 is 19.1 Å². The van der Waals surface area contributed by atoms with E-state index in [1.54, 1.807) is 0 Å². The number of allylic oxidation sites excluding steroid dienone is 3. The van der Waals surface area contributed by atoms with Crippen molar-refractivity contribution in [3.63, 3.8) is 0 Å². The molecule has 3 aliphatic rings. The number of fused-ring (bicyclic) bond motifs is 4. The van der Waals surface area contributed by atoms with Crippen molar-refractivity contribution in [2.75, 3.05) is 14.2 Å². The minimum atomic E-state index is -0.754. The highest BCUT2D eigenvalue weighted by Gasteiger charge is 2.77. The predicted molar refractivity (Wildman–Crippen MR) is 63.4 cm³/mol. The third-order valence-corrected chi connectivity index (χ3v) is 5.07. The zero-order valence-electron chi connectivity index (χ0n) is 10.9. The summed E-state index contributed by atoms with van der Waals surface area (Å²) in [7, 11) is 2.71. The van der Waals surface area contributed by atoms with Crippen molar-refractivity contribution in [2.45, 2.75) is 13.8 Å². The van der Waals surface area contributed by atoms with Crippen LogP contribution in [0.3, 0.4) is 0 Å². The standard InChI is InChI=1S/C14H16O4/c1-6-7(2)11-10(6)8-5-9(12(15)17-3)14(8,11)13(16)18-4/h5,8,10-11H,1-4H3/t8-,10+,11+,14-/m0/s1. The van der Waals surface area contributed by atoms with Crippen LogP contribution < -0.4 is 0 Å². The zero-order valence-corrected chi connectivity index (χ0v) is 10.9. The second-order valence-electron chi connectivity index (χ2n) is 5.33. The molecule has 0 N–H and O–H groups in total. The minimum Gasteiger partial charge on any atom is -0.468 e. The molecule has 96 valence electrons. The molecule has 0 aromatic carbocycles. The SMILES string of the molecule is COC(=O)C1=C[C@H]2[C@H]3C(C)=C(C)[C@H]3[C@@]12C(=O)OC. The molecule has 0 aromatic heterocycles.